The largest absolute Gasteiger partial charge is 0.463 e. The van der Waals surface area contributed by atoms with E-state index in [9.17, 15) is 0 Å². The van der Waals surface area contributed by atoms with Crippen molar-refractivity contribution in [1.82, 2.24) is 9.97 Å². The molecule has 0 saturated carbocycles. The quantitative estimate of drug-likeness (QED) is 0.691. The molecule has 1 aromatic carbocycles. The van der Waals surface area contributed by atoms with Gasteiger partial charge in [-0.15, -0.1) is 0 Å². The van der Waals surface area contributed by atoms with Crippen molar-refractivity contribution < 1.29 is 4.42 Å². The first-order valence-electron chi connectivity index (χ1n) is 5.38. The molecule has 5 heteroatoms. The third-order valence-corrected chi connectivity index (χ3v) is 2.94. The summed E-state index contributed by atoms with van der Waals surface area (Å²) in [5, 5.41) is 0.601. The van der Waals surface area contributed by atoms with Crippen LogP contribution in [0.4, 0.5) is 5.69 Å². The number of aromatic nitrogens is 2. The Morgan fingerprint density at radius 2 is 2.17 bits per heavy atom. The molecule has 0 atom stereocenters. The first-order chi connectivity index (χ1) is 8.74. The van der Waals surface area contributed by atoms with Gasteiger partial charge in [-0.05, 0) is 30.3 Å². The highest BCUT2D eigenvalue weighted by Crippen LogP contribution is 2.29. The fourth-order valence-corrected chi connectivity index (χ4v) is 1.95. The SMILES string of the molecule is Nc1ccc(Cl)c(-c2ncc(-c3ccco3)[nH]2)c1. The molecule has 3 rings (SSSR count). The van der Waals surface area contributed by atoms with Crippen molar-refractivity contribution in [3.05, 3.63) is 47.8 Å². The molecule has 0 unspecified atom stereocenters. The van der Waals surface area contributed by atoms with Gasteiger partial charge in [0.25, 0.3) is 0 Å². The molecule has 0 aliphatic carbocycles. The highest BCUT2D eigenvalue weighted by Gasteiger charge is 2.10. The number of aromatic amines is 1. The third kappa shape index (κ3) is 1.87. The van der Waals surface area contributed by atoms with Crippen molar-refractivity contribution in [1.29, 1.82) is 0 Å². The molecule has 0 fully saturated rings. The number of nitrogens with two attached hydrogens (primary N) is 1. The van der Waals surface area contributed by atoms with Crippen LogP contribution in [0.25, 0.3) is 22.8 Å². The van der Waals surface area contributed by atoms with Crippen LogP contribution in [0.2, 0.25) is 5.02 Å². The fraction of sp³-hybridized carbons (Fsp3) is 0. The normalized spacial score (nSPS) is 10.7. The van der Waals surface area contributed by atoms with E-state index in [1.165, 1.54) is 0 Å². The number of nitrogen functional groups attached to an aromatic ring is 1. The average molecular weight is 260 g/mol. The minimum atomic E-state index is 0.601. The highest BCUT2D eigenvalue weighted by atomic mass is 35.5. The Bertz CT molecular complexity index is 673. The third-order valence-electron chi connectivity index (χ3n) is 2.61. The van der Waals surface area contributed by atoms with E-state index in [1.54, 1.807) is 30.7 Å². The molecule has 0 aliphatic heterocycles. The summed E-state index contributed by atoms with van der Waals surface area (Å²) in [7, 11) is 0. The van der Waals surface area contributed by atoms with Crippen LogP contribution in [-0.4, -0.2) is 9.97 Å². The molecular weight excluding hydrogens is 250 g/mol. The number of furan rings is 1. The van der Waals surface area contributed by atoms with E-state index in [0.29, 0.717) is 16.5 Å². The zero-order valence-electron chi connectivity index (χ0n) is 9.35. The zero-order valence-corrected chi connectivity index (χ0v) is 10.1. The Labute approximate surface area is 108 Å². The van der Waals surface area contributed by atoms with Gasteiger partial charge in [0.15, 0.2) is 5.76 Å². The van der Waals surface area contributed by atoms with Gasteiger partial charge in [-0.1, -0.05) is 11.6 Å². The summed E-state index contributed by atoms with van der Waals surface area (Å²) in [6.45, 7) is 0. The predicted octanol–water partition coefficient (Wildman–Crippen LogP) is 3.57. The highest BCUT2D eigenvalue weighted by molar-refractivity contribution is 6.33. The maximum atomic E-state index is 6.13. The first kappa shape index (κ1) is 10.9. The van der Waals surface area contributed by atoms with Crippen molar-refractivity contribution in [2.75, 3.05) is 5.73 Å². The number of rotatable bonds is 2. The molecule has 0 bridgehead atoms. The molecule has 3 aromatic rings. The van der Waals surface area contributed by atoms with E-state index in [2.05, 4.69) is 9.97 Å². The van der Waals surface area contributed by atoms with Crippen LogP contribution < -0.4 is 5.73 Å². The maximum absolute atomic E-state index is 6.13. The Hall–Kier alpha value is -2.20. The van der Waals surface area contributed by atoms with E-state index in [0.717, 1.165) is 17.0 Å². The van der Waals surface area contributed by atoms with Crippen LogP contribution >= 0.6 is 11.6 Å². The van der Waals surface area contributed by atoms with Gasteiger partial charge >= 0.3 is 0 Å². The van der Waals surface area contributed by atoms with Crippen LogP contribution in [0.3, 0.4) is 0 Å². The lowest BCUT2D eigenvalue weighted by molar-refractivity contribution is 0.580. The topological polar surface area (TPSA) is 67.8 Å². The molecular formula is C13H10ClN3O. The van der Waals surface area contributed by atoms with Crippen molar-refractivity contribution >= 4 is 17.3 Å². The van der Waals surface area contributed by atoms with Gasteiger partial charge < -0.3 is 15.1 Å². The molecule has 3 N–H and O–H groups in total. The van der Waals surface area contributed by atoms with Crippen molar-refractivity contribution in [2.45, 2.75) is 0 Å². The lowest BCUT2D eigenvalue weighted by Gasteiger charge is -2.01. The number of imidazole rings is 1. The summed E-state index contributed by atoms with van der Waals surface area (Å²) in [6.07, 6.45) is 3.32. The maximum Gasteiger partial charge on any atom is 0.151 e. The smallest absolute Gasteiger partial charge is 0.151 e. The summed E-state index contributed by atoms with van der Waals surface area (Å²) in [6, 6.07) is 8.97. The van der Waals surface area contributed by atoms with Gasteiger partial charge in [0, 0.05) is 11.3 Å². The van der Waals surface area contributed by atoms with E-state index in [4.69, 9.17) is 21.8 Å². The Kier molecular flexibility index (Phi) is 2.57. The molecule has 90 valence electrons. The molecule has 0 spiro atoms. The monoisotopic (exact) mass is 259 g/mol. The summed E-state index contributed by atoms with van der Waals surface area (Å²) in [5.74, 6) is 1.40. The van der Waals surface area contributed by atoms with Crippen molar-refractivity contribution in [3.63, 3.8) is 0 Å². The predicted molar refractivity (Wildman–Crippen MR) is 71.1 cm³/mol. The lowest BCUT2D eigenvalue weighted by Crippen LogP contribution is -1.88. The van der Waals surface area contributed by atoms with Crippen LogP contribution in [0.5, 0.6) is 0 Å². The second-order valence-electron chi connectivity index (χ2n) is 3.86. The number of hydrogen-bond donors (Lipinski definition) is 2. The number of halogens is 1. The van der Waals surface area contributed by atoms with E-state index in [-0.39, 0.29) is 0 Å². The number of nitrogens with one attached hydrogen (secondary N) is 1. The number of nitrogens with zero attached hydrogens (tertiary/aromatic N) is 1. The zero-order chi connectivity index (χ0) is 12.5. The van der Waals surface area contributed by atoms with Crippen molar-refractivity contribution in [3.8, 4) is 22.8 Å². The van der Waals surface area contributed by atoms with Gasteiger partial charge in [0.1, 0.15) is 11.5 Å². The van der Waals surface area contributed by atoms with Crippen LogP contribution in [0, 0.1) is 0 Å². The van der Waals surface area contributed by atoms with Gasteiger partial charge in [-0.25, -0.2) is 4.98 Å². The summed E-state index contributed by atoms with van der Waals surface area (Å²) < 4.78 is 5.29. The Morgan fingerprint density at radius 3 is 2.94 bits per heavy atom. The van der Waals surface area contributed by atoms with Gasteiger partial charge in [-0.3, -0.25) is 0 Å². The van der Waals surface area contributed by atoms with Gasteiger partial charge in [0.2, 0.25) is 0 Å². The van der Waals surface area contributed by atoms with Gasteiger partial charge in [-0.2, -0.15) is 0 Å². The molecule has 4 nitrogen and oxygen atoms in total. The minimum absolute atomic E-state index is 0.601. The molecule has 0 aliphatic rings. The average Bonchev–Trinajstić information content (AvgIpc) is 3.00. The van der Waals surface area contributed by atoms with Crippen LogP contribution in [0.15, 0.2) is 47.2 Å². The fourth-order valence-electron chi connectivity index (χ4n) is 1.74. The summed E-state index contributed by atoms with van der Waals surface area (Å²) in [5.41, 5.74) is 7.96. The van der Waals surface area contributed by atoms with E-state index in [1.807, 2.05) is 12.1 Å². The minimum Gasteiger partial charge on any atom is -0.463 e. The van der Waals surface area contributed by atoms with E-state index < -0.39 is 0 Å². The van der Waals surface area contributed by atoms with Gasteiger partial charge in [0.05, 0.1) is 17.5 Å². The molecule has 18 heavy (non-hydrogen) atoms. The molecule has 0 amide bonds. The van der Waals surface area contributed by atoms with E-state index >= 15 is 0 Å². The Morgan fingerprint density at radius 1 is 1.28 bits per heavy atom. The molecule has 2 aromatic heterocycles. The van der Waals surface area contributed by atoms with Crippen LogP contribution in [0.1, 0.15) is 0 Å². The molecule has 0 radical (unpaired) electrons. The standard InChI is InChI=1S/C13H10ClN3O/c14-10-4-3-8(15)6-9(10)13-16-7-11(17-13)12-2-1-5-18-12/h1-7H,15H2,(H,16,17). The number of benzene rings is 1. The second kappa shape index (κ2) is 4.23. The second-order valence-corrected chi connectivity index (χ2v) is 4.27. The first-order valence-corrected chi connectivity index (χ1v) is 5.76. The Balaban J connectivity index is 2.05. The number of anilines is 1. The summed E-state index contributed by atoms with van der Waals surface area (Å²) >= 11 is 6.13. The summed E-state index contributed by atoms with van der Waals surface area (Å²) in [4.78, 5) is 7.44. The lowest BCUT2D eigenvalue weighted by atomic mass is 10.2. The van der Waals surface area contributed by atoms with Crippen LogP contribution in [-0.2, 0) is 0 Å². The number of hydrogen-bond acceptors (Lipinski definition) is 3. The van der Waals surface area contributed by atoms with Crippen molar-refractivity contribution in [2.24, 2.45) is 0 Å². The molecule has 0 saturated heterocycles. The molecule has 2 heterocycles. The number of H-pyrrole nitrogens is 1.